The van der Waals surface area contributed by atoms with Crippen LogP contribution >= 0.6 is 0 Å². The predicted octanol–water partition coefficient (Wildman–Crippen LogP) is 1.80. The van der Waals surface area contributed by atoms with Gasteiger partial charge in [-0.25, -0.2) is 0 Å². The molecule has 0 aromatic heterocycles. The first-order valence-electron chi connectivity index (χ1n) is 7.13. The van der Waals surface area contributed by atoms with Crippen molar-refractivity contribution in [1.82, 2.24) is 10.2 Å². The molecule has 0 saturated carbocycles. The fourth-order valence-corrected chi connectivity index (χ4v) is 2.54. The summed E-state index contributed by atoms with van der Waals surface area (Å²) in [4.78, 5) is 26.8. The van der Waals surface area contributed by atoms with Crippen LogP contribution in [-0.4, -0.2) is 32.9 Å². The number of phenolic OH excluding ortho intramolecular Hbond substituents is 1. The second kappa shape index (κ2) is 5.06. The van der Waals surface area contributed by atoms with E-state index >= 15 is 0 Å². The van der Waals surface area contributed by atoms with Crippen LogP contribution in [-0.2, 0) is 16.1 Å². The molecule has 2 N–H and O–H groups in total. The molecule has 1 aromatic carbocycles. The lowest BCUT2D eigenvalue weighted by Gasteiger charge is -2.49. The van der Waals surface area contributed by atoms with Gasteiger partial charge >= 0.3 is 0 Å². The zero-order valence-electron chi connectivity index (χ0n) is 12.9. The first-order chi connectivity index (χ1) is 9.70. The summed E-state index contributed by atoms with van der Waals surface area (Å²) in [5.74, 6) is -0.0482. The summed E-state index contributed by atoms with van der Waals surface area (Å²) in [7, 11) is 0. The van der Waals surface area contributed by atoms with E-state index < -0.39 is 11.1 Å². The number of piperazine rings is 1. The van der Waals surface area contributed by atoms with Gasteiger partial charge in [0.2, 0.25) is 11.8 Å². The fraction of sp³-hybridized carbons (Fsp3) is 0.500. The van der Waals surface area contributed by atoms with Crippen LogP contribution in [0.15, 0.2) is 24.3 Å². The topological polar surface area (TPSA) is 69.6 Å². The molecule has 1 saturated heterocycles. The van der Waals surface area contributed by atoms with Gasteiger partial charge in [-0.05, 0) is 44.9 Å². The van der Waals surface area contributed by atoms with Crippen LogP contribution in [0.2, 0.25) is 0 Å². The van der Waals surface area contributed by atoms with Crippen molar-refractivity contribution in [2.45, 2.75) is 51.7 Å². The number of amides is 2. The zero-order chi connectivity index (χ0) is 15.8. The van der Waals surface area contributed by atoms with Crippen LogP contribution in [0.4, 0.5) is 0 Å². The van der Waals surface area contributed by atoms with Gasteiger partial charge in [0.15, 0.2) is 0 Å². The Bertz CT molecular complexity index is 565. The summed E-state index contributed by atoms with van der Waals surface area (Å²) in [6.07, 6.45) is 0.540. The Kier molecular flexibility index (Phi) is 3.70. The Morgan fingerprint density at radius 3 is 2.24 bits per heavy atom. The van der Waals surface area contributed by atoms with E-state index in [0.717, 1.165) is 5.56 Å². The van der Waals surface area contributed by atoms with E-state index in [-0.39, 0.29) is 17.6 Å². The SMILES string of the molecule is CCC1(C)C(=O)NC(C)(C)C(=O)N1Cc1ccc(O)cc1. The minimum absolute atomic E-state index is 0.0977. The number of rotatable bonds is 3. The van der Waals surface area contributed by atoms with Crippen LogP contribution in [0, 0.1) is 0 Å². The number of hydrogen-bond acceptors (Lipinski definition) is 3. The Labute approximate surface area is 125 Å². The molecule has 2 amide bonds. The highest BCUT2D eigenvalue weighted by atomic mass is 16.3. The zero-order valence-corrected chi connectivity index (χ0v) is 12.9. The summed E-state index contributed by atoms with van der Waals surface area (Å²) in [5.41, 5.74) is -0.876. The maximum Gasteiger partial charge on any atom is 0.248 e. The molecule has 1 unspecified atom stereocenters. The Morgan fingerprint density at radius 2 is 1.71 bits per heavy atom. The lowest BCUT2D eigenvalue weighted by Crippen LogP contribution is -2.72. The van der Waals surface area contributed by atoms with Crippen molar-refractivity contribution in [2.24, 2.45) is 0 Å². The average molecular weight is 290 g/mol. The molecule has 0 spiro atoms. The molecule has 1 aromatic rings. The smallest absolute Gasteiger partial charge is 0.248 e. The molecule has 5 nitrogen and oxygen atoms in total. The number of phenols is 1. The first kappa shape index (κ1) is 15.4. The second-order valence-electron chi connectivity index (χ2n) is 6.26. The second-order valence-corrected chi connectivity index (χ2v) is 6.26. The van der Waals surface area contributed by atoms with Crippen molar-refractivity contribution in [3.63, 3.8) is 0 Å². The van der Waals surface area contributed by atoms with E-state index in [4.69, 9.17) is 0 Å². The minimum Gasteiger partial charge on any atom is -0.508 e. The summed E-state index contributed by atoms with van der Waals surface area (Å²) in [6, 6.07) is 6.69. The molecule has 0 radical (unpaired) electrons. The molecule has 1 heterocycles. The minimum atomic E-state index is -0.900. The molecule has 1 fully saturated rings. The molecular weight excluding hydrogens is 268 g/mol. The van der Waals surface area contributed by atoms with E-state index in [1.54, 1.807) is 49.9 Å². The maximum absolute atomic E-state index is 12.7. The summed E-state index contributed by atoms with van der Waals surface area (Å²) in [6.45, 7) is 7.46. The van der Waals surface area contributed by atoms with E-state index in [1.807, 2.05) is 6.92 Å². The predicted molar refractivity (Wildman–Crippen MR) is 79.6 cm³/mol. The molecule has 1 aliphatic heterocycles. The summed E-state index contributed by atoms with van der Waals surface area (Å²) >= 11 is 0. The van der Waals surface area contributed by atoms with Crippen molar-refractivity contribution in [2.75, 3.05) is 0 Å². The molecular formula is C16H22N2O3. The lowest BCUT2D eigenvalue weighted by atomic mass is 9.86. The van der Waals surface area contributed by atoms with Crippen LogP contribution < -0.4 is 5.32 Å². The van der Waals surface area contributed by atoms with Gasteiger partial charge in [0, 0.05) is 6.54 Å². The Balaban J connectivity index is 2.37. The van der Waals surface area contributed by atoms with Gasteiger partial charge in [-0.15, -0.1) is 0 Å². The van der Waals surface area contributed by atoms with Crippen molar-refractivity contribution < 1.29 is 14.7 Å². The normalized spacial score (nSPS) is 24.9. The number of hydrogen-bond donors (Lipinski definition) is 2. The highest BCUT2D eigenvalue weighted by Crippen LogP contribution is 2.30. The summed E-state index contributed by atoms with van der Waals surface area (Å²) < 4.78 is 0. The third kappa shape index (κ3) is 2.60. The van der Waals surface area contributed by atoms with Gasteiger partial charge in [-0.3, -0.25) is 9.59 Å². The van der Waals surface area contributed by atoms with Gasteiger partial charge in [0.25, 0.3) is 0 Å². The number of carbonyl (C=O) groups is 2. The van der Waals surface area contributed by atoms with Crippen LogP contribution in [0.1, 0.15) is 39.7 Å². The van der Waals surface area contributed by atoms with Crippen LogP contribution in [0.25, 0.3) is 0 Å². The highest BCUT2D eigenvalue weighted by Gasteiger charge is 2.51. The molecule has 0 bridgehead atoms. The van der Waals surface area contributed by atoms with Crippen molar-refractivity contribution in [3.05, 3.63) is 29.8 Å². The largest absolute Gasteiger partial charge is 0.508 e. The van der Waals surface area contributed by atoms with E-state index in [9.17, 15) is 14.7 Å². The molecule has 2 rings (SSSR count). The molecule has 1 atom stereocenters. The maximum atomic E-state index is 12.7. The van der Waals surface area contributed by atoms with E-state index in [0.29, 0.717) is 13.0 Å². The third-order valence-electron chi connectivity index (χ3n) is 4.26. The number of carbonyl (C=O) groups excluding carboxylic acids is 2. The number of nitrogens with one attached hydrogen (secondary N) is 1. The monoisotopic (exact) mass is 290 g/mol. The molecule has 0 aliphatic carbocycles. The lowest BCUT2D eigenvalue weighted by molar-refractivity contribution is -0.161. The van der Waals surface area contributed by atoms with Crippen molar-refractivity contribution >= 4 is 11.8 Å². The van der Waals surface area contributed by atoms with E-state index in [1.165, 1.54) is 0 Å². The number of aromatic hydroxyl groups is 1. The summed E-state index contributed by atoms with van der Waals surface area (Å²) in [5, 5.41) is 12.1. The first-order valence-corrected chi connectivity index (χ1v) is 7.13. The molecule has 5 heteroatoms. The Morgan fingerprint density at radius 1 is 1.14 bits per heavy atom. The number of nitrogens with zero attached hydrogens (tertiary/aromatic N) is 1. The van der Waals surface area contributed by atoms with Crippen molar-refractivity contribution in [1.29, 1.82) is 0 Å². The highest BCUT2D eigenvalue weighted by molar-refractivity contribution is 6.01. The van der Waals surface area contributed by atoms with Gasteiger partial charge in [-0.2, -0.15) is 0 Å². The number of benzene rings is 1. The molecule has 21 heavy (non-hydrogen) atoms. The molecule has 1 aliphatic rings. The standard InChI is InChI=1S/C16H22N2O3/c1-5-16(4)13(20)17-15(2,3)14(21)18(16)10-11-6-8-12(19)9-7-11/h6-9,19H,5,10H2,1-4H3,(H,17,20). The van der Waals surface area contributed by atoms with Crippen LogP contribution in [0.5, 0.6) is 5.75 Å². The van der Waals surface area contributed by atoms with Crippen LogP contribution in [0.3, 0.4) is 0 Å². The fourth-order valence-electron chi connectivity index (χ4n) is 2.54. The Hall–Kier alpha value is -2.04. The van der Waals surface area contributed by atoms with E-state index in [2.05, 4.69) is 5.32 Å². The van der Waals surface area contributed by atoms with Crippen molar-refractivity contribution in [3.8, 4) is 5.75 Å². The quantitative estimate of drug-likeness (QED) is 0.892. The van der Waals surface area contributed by atoms with Gasteiger partial charge in [0.05, 0.1) is 0 Å². The van der Waals surface area contributed by atoms with Gasteiger partial charge in [-0.1, -0.05) is 19.1 Å². The average Bonchev–Trinajstić information content (AvgIpc) is 2.43. The van der Waals surface area contributed by atoms with Gasteiger partial charge < -0.3 is 15.3 Å². The third-order valence-corrected chi connectivity index (χ3v) is 4.26. The van der Waals surface area contributed by atoms with Gasteiger partial charge in [0.1, 0.15) is 16.8 Å². The molecule has 114 valence electrons.